The van der Waals surface area contributed by atoms with E-state index in [9.17, 15) is 4.79 Å². The van der Waals surface area contributed by atoms with Crippen molar-refractivity contribution >= 4 is 5.78 Å². The molecule has 0 saturated carbocycles. The number of carbonyl (C=O) groups excluding carboxylic acids is 1. The summed E-state index contributed by atoms with van der Waals surface area (Å²) in [4.78, 5) is 10.7. The van der Waals surface area contributed by atoms with Gasteiger partial charge in [-0.3, -0.25) is 0 Å². The van der Waals surface area contributed by atoms with Gasteiger partial charge in [0.2, 0.25) is 0 Å². The average molecular weight is 214 g/mol. The lowest BCUT2D eigenvalue weighted by Gasteiger charge is -2.01. The largest absolute Gasteiger partial charge is 0.396 e. The Morgan fingerprint density at radius 3 is 1.60 bits per heavy atom. The molecule has 0 aliphatic rings. The minimum absolute atomic E-state index is 0.319. The number of Topliss-reactive ketones (excluding diaryl/α,β-unsaturated/α-hetero) is 1. The third-order valence-corrected chi connectivity index (χ3v) is 2.69. The first-order valence-corrected chi connectivity index (χ1v) is 6.37. The molecular weight excluding hydrogens is 188 g/mol. The second-order valence-corrected chi connectivity index (χ2v) is 4.36. The van der Waals surface area contributed by atoms with Crippen molar-refractivity contribution in [2.75, 3.05) is 6.61 Å². The van der Waals surface area contributed by atoms with Gasteiger partial charge < -0.3 is 9.90 Å². The molecule has 0 spiro atoms. The summed E-state index contributed by atoms with van der Waals surface area (Å²) in [6.45, 7) is 2.01. The normalized spacial score (nSPS) is 10.5. The van der Waals surface area contributed by atoms with Gasteiger partial charge in [-0.15, -0.1) is 0 Å². The first-order valence-electron chi connectivity index (χ1n) is 6.37. The van der Waals surface area contributed by atoms with Crippen LogP contribution in [0.5, 0.6) is 0 Å². The van der Waals surface area contributed by atoms with Crippen molar-refractivity contribution in [3.8, 4) is 0 Å². The molecule has 0 aromatic heterocycles. The van der Waals surface area contributed by atoms with Gasteiger partial charge in [0.05, 0.1) is 0 Å². The van der Waals surface area contributed by atoms with Gasteiger partial charge in [-0.05, 0) is 19.8 Å². The van der Waals surface area contributed by atoms with Crippen LogP contribution in [0.2, 0.25) is 0 Å². The SMILES string of the molecule is CC(=O)CCCCCCCCCCCO. The van der Waals surface area contributed by atoms with Crippen LogP contribution in [0.1, 0.15) is 71.1 Å². The zero-order valence-electron chi connectivity index (χ0n) is 10.1. The molecule has 0 unspecified atom stereocenters. The summed E-state index contributed by atoms with van der Waals surface area (Å²) in [5, 5.41) is 8.58. The van der Waals surface area contributed by atoms with Gasteiger partial charge in [0.1, 0.15) is 5.78 Å². The number of hydrogen-bond acceptors (Lipinski definition) is 2. The van der Waals surface area contributed by atoms with E-state index in [0.29, 0.717) is 12.4 Å². The molecule has 0 saturated heterocycles. The Balaban J connectivity index is 2.89. The molecule has 0 rings (SSSR count). The number of aliphatic hydroxyl groups excluding tert-OH is 1. The van der Waals surface area contributed by atoms with Gasteiger partial charge in [-0.25, -0.2) is 0 Å². The summed E-state index contributed by atoms with van der Waals surface area (Å²) >= 11 is 0. The molecule has 0 aromatic rings. The number of carbonyl (C=O) groups is 1. The molecule has 2 nitrogen and oxygen atoms in total. The van der Waals surface area contributed by atoms with E-state index in [4.69, 9.17) is 5.11 Å². The van der Waals surface area contributed by atoms with Crippen molar-refractivity contribution in [3.63, 3.8) is 0 Å². The minimum Gasteiger partial charge on any atom is -0.396 e. The summed E-state index contributed by atoms with van der Waals surface area (Å²) in [6, 6.07) is 0. The van der Waals surface area contributed by atoms with Gasteiger partial charge in [-0.1, -0.05) is 44.9 Å². The maximum Gasteiger partial charge on any atom is 0.129 e. The van der Waals surface area contributed by atoms with E-state index >= 15 is 0 Å². The van der Waals surface area contributed by atoms with E-state index in [1.165, 1.54) is 44.9 Å². The fourth-order valence-electron chi connectivity index (χ4n) is 1.72. The Bertz CT molecular complexity index is 143. The van der Waals surface area contributed by atoms with Crippen LogP contribution in [0.4, 0.5) is 0 Å². The fourth-order valence-corrected chi connectivity index (χ4v) is 1.72. The van der Waals surface area contributed by atoms with E-state index in [0.717, 1.165) is 19.3 Å². The number of hydrogen-bond donors (Lipinski definition) is 1. The summed E-state index contributed by atoms with van der Waals surface area (Å²) in [5.74, 6) is 0.319. The molecule has 0 radical (unpaired) electrons. The molecule has 15 heavy (non-hydrogen) atoms. The summed E-state index contributed by atoms with van der Waals surface area (Å²) in [6.07, 6.45) is 11.6. The molecule has 0 aromatic carbocycles. The van der Waals surface area contributed by atoms with E-state index in [1.54, 1.807) is 6.92 Å². The minimum atomic E-state index is 0.319. The first-order chi connectivity index (χ1) is 7.27. The summed E-state index contributed by atoms with van der Waals surface area (Å²) in [5.41, 5.74) is 0. The Kier molecular flexibility index (Phi) is 11.4. The Morgan fingerprint density at radius 1 is 0.800 bits per heavy atom. The zero-order chi connectivity index (χ0) is 11.4. The molecule has 0 fully saturated rings. The molecule has 0 amide bonds. The highest BCUT2D eigenvalue weighted by Gasteiger charge is 1.94. The van der Waals surface area contributed by atoms with Crippen LogP contribution in [0.15, 0.2) is 0 Å². The maximum absolute atomic E-state index is 10.7. The Hall–Kier alpha value is -0.370. The molecule has 0 atom stereocenters. The maximum atomic E-state index is 10.7. The number of rotatable bonds is 11. The monoisotopic (exact) mass is 214 g/mol. The van der Waals surface area contributed by atoms with Crippen molar-refractivity contribution in [1.82, 2.24) is 0 Å². The third kappa shape index (κ3) is 13.6. The van der Waals surface area contributed by atoms with Crippen LogP contribution in [0.3, 0.4) is 0 Å². The smallest absolute Gasteiger partial charge is 0.129 e. The topological polar surface area (TPSA) is 37.3 Å². The van der Waals surface area contributed by atoms with Gasteiger partial charge in [0.25, 0.3) is 0 Å². The summed E-state index contributed by atoms with van der Waals surface area (Å²) < 4.78 is 0. The van der Waals surface area contributed by atoms with E-state index in [-0.39, 0.29) is 0 Å². The molecular formula is C13H26O2. The number of aliphatic hydroxyl groups is 1. The lowest BCUT2D eigenvalue weighted by Crippen LogP contribution is -1.89. The van der Waals surface area contributed by atoms with Crippen molar-refractivity contribution in [2.45, 2.75) is 71.1 Å². The van der Waals surface area contributed by atoms with Gasteiger partial charge in [0, 0.05) is 13.0 Å². The van der Waals surface area contributed by atoms with Crippen LogP contribution in [0, 0.1) is 0 Å². The average Bonchev–Trinajstić information content (AvgIpc) is 2.20. The van der Waals surface area contributed by atoms with Crippen LogP contribution in [-0.4, -0.2) is 17.5 Å². The predicted molar refractivity (Wildman–Crippen MR) is 63.9 cm³/mol. The van der Waals surface area contributed by atoms with Gasteiger partial charge >= 0.3 is 0 Å². The van der Waals surface area contributed by atoms with Crippen LogP contribution < -0.4 is 0 Å². The molecule has 2 heteroatoms. The van der Waals surface area contributed by atoms with Crippen LogP contribution in [-0.2, 0) is 4.79 Å². The Morgan fingerprint density at radius 2 is 1.20 bits per heavy atom. The molecule has 0 aliphatic heterocycles. The van der Waals surface area contributed by atoms with E-state index in [1.807, 2.05) is 0 Å². The van der Waals surface area contributed by atoms with Gasteiger partial charge in [0.15, 0.2) is 0 Å². The second kappa shape index (κ2) is 11.7. The van der Waals surface area contributed by atoms with Crippen LogP contribution in [0.25, 0.3) is 0 Å². The number of ketones is 1. The highest BCUT2D eigenvalue weighted by Crippen LogP contribution is 2.10. The lowest BCUT2D eigenvalue weighted by atomic mass is 10.1. The third-order valence-electron chi connectivity index (χ3n) is 2.69. The predicted octanol–water partition coefficient (Wildman–Crippen LogP) is 3.47. The molecule has 0 heterocycles. The number of unbranched alkanes of at least 4 members (excludes halogenated alkanes) is 8. The highest BCUT2D eigenvalue weighted by atomic mass is 16.2. The van der Waals surface area contributed by atoms with E-state index < -0.39 is 0 Å². The quantitative estimate of drug-likeness (QED) is 0.535. The molecule has 1 N–H and O–H groups in total. The molecule has 0 bridgehead atoms. The lowest BCUT2D eigenvalue weighted by molar-refractivity contribution is -0.117. The van der Waals surface area contributed by atoms with E-state index in [2.05, 4.69) is 0 Å². The summed E-state index contributed by atoms with van der Waals surface area (Å²) in [7, 11) is 0. The van der Waals surface area contributed by atoms with Gasteiger partial charge in [-0.2, -0.15) is 0 Å². The van der Waals surface area contributed by atoms with Crippen molar-refractivity contribution in [1.29, 1.82) is 0 Å². The van der Waals surface area contributed by atoms with Crippen molar-refractivity contribution < 1.29 is 9.90 Å². The first kappa shape index (κ1) is 14.6. The Labute approximate surface area is 94.1 Å². The van der Waals surface area contributed by atoms with Crippen molar-refractivity contribution in [2.24, 2.45) is 0 Å². The van der Waals surface area contributed by atoms with Crippen LogP contribution >= 0.6 is 0 Å². The standard InChI is InChI=1S/C13H26O2/c1-13(15)11-9-7-5-3-2-4-6-8-10-12-14/h14H,2-12H2,1H3. The highest BCUT2D eigenvalue weighted by molar-refractivity contribution is 5.75. The fraction of sp³-hybridized carbons (Fsp3) is 0.923. The zero-order valence-corrected chi connectivity index (χ0v) is 10.1. The van der Waals surface area contributed by atoms with Crippen molar-refractivity contribution in [3.05, 3.63) is 0 Å². The molecule has 90 valence electrons. The molecule has 0 aliphatic carbocycles. The second-order valence-electron chi connectivity index (χ2n) is 4.36.